The number of carbonyl (C=O) groups excluding carboxylic acids is 1. The number of nitrogens with one attached hydrogen (secondary N) is 2. The lowest BCUT2D eigenvalue weighted by atomic mass is 10.1. The molecule has 136 valence electrons. The Balaban J connectivity index is 0.00000529. The highest BCUT2D eigenvalue weighted by Gasteiger charge is 2.21. The number of hydrogen-bond donors (Lipinski definition) is 3. The van der Waals surface area contributed by atoms with E-state index in [-0.39, 0.29) is 35.9 Å². The standard InChI is InChI=1S/C17H28N4O2.HI/c1-12(2)14(21-16(22)23-17(3,4)5)11-19-15(18)20-13-9-7-6-8-10-13;/h6-10,12,14H,11H2,1-5H3,(H,21,22)(H3,18,19,20);1H. The van der Waals surface area contributed by atoms with Crippen LogP contribution in [0.5, 0.6) is 0 Å². The maximum atomic E-state index is 11.9. The van der Waals surface area contributed by atoms with Crippen LogP contribution >= 0.6 is 24.0 Å². The predicted octanol–water partition coefficient (Wildman–Crippen LogP) is 3.58. The summed E-state index contributed by atoms with van der Waals surface area (Å²) < 4.78 is 5.28. The average molecular weight is 448 g/mol. The number of anilines is 1. The van der Waals surface area contributed by atoms with Crippen LogP contribution in [0.4, 0.5) is 10.5 Å². The third-order valence-corrected chi connectivity index (χ3v) is 3.01. The molecule has 0 saturated carbocycles. The van der Waals surface area contributed by atoms with Crippen molar-refractivity contribution in [1.29, 1.82) is 0 Å². The number of nitrogens with two attached hydrogens (primary N) is 1. The highest BCUT2D eigenvalue weighted by atomic mass is 127. The van der Waals surface area contributed by atoms with E-state index in [4.69, 9.17) is 10.5 Å². The van der Waals surface area contributed by atoms with Crippen molar-refractivity contribution in [3.05, 3.63) is 30.3 Å². The summed E-state index contributed by atoms with van der Waals surface area (Å²) in [5.74, 6) is 0.517. The van der Waals surface area contributed by atoms with Gasteiger partial charge in [-0.15, -0.1) is 24.0 Å². The van der Waals surface area contributed by atoms with Crippen LogP contribution in [-0.2, 0) is 4.74 Å². The second-order valence-electron chi connectivity index (χ2n) is 6.71. The van der Waals surface area contributed by atoms with Crippen LogP contribution in [0.1, 0.15) is 34.6 Å². The summed E-state index contributed by atoms with van der Waals surface area (Å²) in [6, 6.07) is 9.41. The van der Waals surface area contributed by atoms with E-state index in [0.29, 0.717) is 12.5 Å². The van der Waals surface area contributed by atoms with Crippen molar-refractivity contribution < 1.29 is 9.53 Å². The minimum absolute atomic E-state index is 0. The van der Waals surface area contributed by atoms with E-state index in [1.54, 1.807) is 0 Å². The van der Waals surface area contributed by atoms with Gasteiger partial charge in [0.1, 0.15) is 5.60 Å². The van der Waals surface area contributed by atoms with E-state index in [1.807, 2.05) is 65.0 Å². The number of para-hydroxylation sites is 1. The molecule has 1 unspecified atom stereocenters. The van der Waals surface area contributed by atoms with E-state index in [0.717, 1.165) is 5.69 Å². The lowest BCUT2D eigenvalue weighted by Crippen LogP contribution is -2.44. The van der Waals surface area contributed by atoms with Gasteiger partial charge < -0.3 is 21.1 Å². The summed E-state index contributed by atoms with van der Waals surface area (Å²) in [4.78, 5) is 16.2. The van der Waals surface area contributed by atoms with Crippen molar-refractivity contribution in [2.24, 2.45) is 16.6 Å². The van der Waals surface area contributed by atoms with Gasteiger partial charge in [-0.05, 0) is 38.8 Å². The van der Waals surface area contributed by atoms with E-state index >= 15 is 0 Å². The molecule has 0 spiro atoms. The monoisotopic (exact) mass is 448 g/mol. The van der Waals surface area contributed by atoms with Gasteiger partial charge in [-0.2, -0.15) is 0 Å². The van der Waals surface area contributed by atoms with E-state index < -0.39 is 11.7 Å². The van der Waals surface area contributed by atoms with E-state index in [2.05, 4.69) is 15.6 Å². The summed E-state index contributed by atoms with van der Waals surface area (Å²) >= 11 is 0. The molecule has 0 fully saturated rings. The molecule has 1 aromatic rings. The number of halogens is 1. The first-order chi connectivity index (χ1) is 10.7. The van der Waals surface area contributed by atoms with Gasteiger partial charge >= 0.3 is 6.09 Å². The van der Waals surface area contributed by atoms with Gasteiger partial charge in [0.05, 0.1) is 12.6 Å². The summed E-state index contributed by atoms with van der Waals surface area (Å²) in [6.07, 6.45) is -0.444. The number of hydrogen-bond acceptors (Lipinski definition) is 3. The van der Waals surface area contributed by atoms with Crippen LogP contribution in [0.2, 0.25) is 0 Å². The zero-order valence-corrected chi connectivity index (χ0v) is 17.3. The maximum Gasteiger partial charge on any atom is 0.407 e. The lowest BCUT2D eigenvalue weighted by molar-refractivity contribution is 0.0493. The fraction of sp³-hybridized carbons (Fsp3) is 0.529. The van der Waals surface area contributed by atoms with Crippen LogP contribution in [-0.4, -0.2) is 30.2 Å². The largest absolute Gasteiger partial charge is 0.444 e. The molecule has 24 heavy (non-hydrogen) atoms. The first kappa shape index (κ1) is 22.5. The Labute approximate surface area is 161 Å². The van der Waals surface area contributed by atoms with Crippen molar-refractivity contribution in [3.63, 3.8) is 0 Å². The van der Waals surface area contributed by atoms with Crippen LogP contribution in [0.15, 0.2) is 35.3 Å². The zero-order valence-electron chi connectivity index (χ0n) is 15.0. The Morgan fingerprint density at radius 3 is 2.33 bits per heavy atom. The van der Waals surface area contributed by atoms with Crippen molar-refractivity contribution in [2.45, 2.75) is 46.3 Å². The fourth-order valence-corrected chi connectivity index (χ4v) is 1.79. The number of rotatable bonds is 5. The van der Waals surface area contributed by atoms with Crippen molar-refractivity contribution >= 4 is 41.7 Å². The average Bonchev–Trinajstić information content (AvgIpc) is 2.42. The normalized spacial score (nSPS) is 13.0. The number of ether oxygens (including phenoxy) is 1. The third kappa shape index (κ3) is 9.59. The van der Waals surface area contributed by atoms with Gasteiger partial charge in [-0.25, -0.2) is 4.79 Å². The molecule has 0 bridgehead atoms. The van der Waals surface area contributed by atoms with Crippen LogP contribution in [0, 0.1) is 5.92 Å². The van der Waals surface area contributed by atoms with Crippen LogP contribution < -0.4 is 16.4 Å². The molecule has 0 aromatic heterocycles. The Kier molecular flexibility index (Phi) is 9.72. The van der Waals surface area contributed by atoms with E-state index in [9.17, 15) is 4.79 Å². The lowest BCUT2D eigenvalue weighted by Gasteiger charge is -2.25. The molecule has 0 aliphatic rings. The van der Waals surface area contributed by atoms with Crippen LogP contribution in [0.25, 0.3) is 0 Å². The number of benzene rings is 1. The topological polar surface area (TPSA) is 88.7 Å². The van der Waals surface area contributed by atoms with Gasteiger partial charge in [-0.1, -0.05) is 32.0 Å². The molecule has 1 rings (SSSR count). The first-order valence-electron chi connectivity index (χ1n) is 7.79. The molecule has 6 nitrogen and oxygen atoms in total. The number of guanidine groups is 1. The number of carbonyl (C=O) groups is 1. The Hall–Kier alpha value is -1.51. The molecule has 0 aliphatic carbocycles. The molecular weight excluding hydrogens is 419 g/mol. The van der Waals surface area contributed by atoms with Gasteiger partial charge in [0.25, 0.3) is 0 Å². The Morgan fingerprint density at radius 1 is 1.25 bits per heavy atom. The summed E-state index contributed by atoms with van der Waals surface area (Å²) in [7, 11) is 0. The molecule has 0 saturated heterocycles. The zero-order chi connectivity index (χ0) is 17.5. The molecule has 1 amide bonds. The number of nitrogens with zero attached hydrogens (tertiary/aromatic N) is 1. The molecule has 4 N–H and O–H groups in total. The predicted molar refractivity (Wildman–Crippen MR) is 110 cm³/mol. The SMILES string of the molecule is CC(C)C(CN=C(N)Nc1ccccc1)NC(=O)OC(C)(C)C.I. The number of amides is 1. The van der Waals surface area contributed by atoms with Gasteiger partial charge in [0, 0.05) is 5.69 Å². The molecular formula is C17H29IN4O2. The fourth-order valence-electron chi connectivity index (χ4n) is 1.79. The maximum absolute atomic E-state index is 11.9. The molecule has 0 radical (unpaired) electrons. The number of aliphatic imine (C=N–C) groups is 1. The van der Waals surface area contributed by atoms with Crippen LogP contribution in [0.3, 0.4) is 0 Å². The Morgan fingerprint density at radius 2 is 1.83 bits per heavy atom. The van der Waals surface area contributed by atoms with Crippen molar-refractivity contribution in [2.75, 3.05) is 11.9 Å². The van der Waals surface area contributed by atoms with Crippen molar-refractivity contribution in [3.8, 4) is 0 Å². The highest BCUT2D eigenvalue weighted by Crippen LogP contribution is 2.09. The van der Waals surface area contributed by atoms with E-state index in [1.165, 1.54) is 0 Å². The minimum Gasteiger partial charge on any atom is -0.444 e. The highest BCUT2D eigenvalue weighted by molar-refractivity contribution is 14.0. The second kappa shape index (κ2) is 10.4. The number of alkyl carbamates (subject to hydrolysis) is 1. The van der Waals surface area contributed by atoms with Gasteiger partial charge in [0.2, 0.25) is 0 Å². The third-order valence-electron chi connectivity index (χ3n) is 3.01. The molecule has 1 aromatic carbocycles. The Bertz CT molecular complexity index is 527. The summed E-state index contributed by atoms with van der Waals surface area (Å²) in [6.45, 7) is 9.89. The van der Waals surface area contributed by atoms with Gasteiger partial charge in [-0.3, -0.25) is 4.99 Å². The smallest absolute Gasteiger partial charge is 0.407 e. The first-order valence-corrected chi connectivity index (χ1v) is 7.79. The quantitative estimate of drug-likeness (QED) is 0.365. The molecule has 7 heteroatoms. The molecule has 0 heterocycles. The van der Waals surface area contributed by atoms with Crippen molar-refractivity contribution in [1.82, 2.24) is 5.32 Å². The molecule has 1 atom stereocenters. The van der Waals surface area contributed by atoms with Gasteiger partial charge in [0.15, 0.2) is 5.96 Å². The summed E-state index contributed by atoms with van der Waals surface area (Å²) in [5, 5.41) is 5.85. The summed E-state index contributed by atoms with van der Waals surface area (Å²) in [5.41, 5.74) is 6.23. The second-order valence-corrected chi connectivity index (χ2v) is 6.71. The minimum atomic E-state index is -0.525. The molecule has 0 aliphatic heterocycles.